The molecule has 46 heavy (non-hydrogen) atoms. The van der Waals surface area contributed by atoms with Crippen molar-refractivity contribution in [1.82, 2.24) is 25.1 Å². The standard InChI is InChI=1S/C35H41ClN8O2/c1-41-15-4-7-25(41)21-46-35-38-28-20-42(29-9-3-6-22-5-2-8-27(36)30(22)29)16-13-26(28)33(40-35)43-17-18-44(24(19-43)12-14-37)34(45)32-31(39-32)23-10-11-23/h2-3,5-6,8-9,23-25,31-32,39H,4,7,10-13,15-21H2,1H3/t24-,25-,31+,32-/m0/s1. The summed E-state index contributed by atoms with van der Waals surface area (Å²) in [6.07, 6.45) is 5.76. The van der Waals surface area contributed by atoms with Crippen molar-refractivity contribution in [2.24, 2.45) is 5.92 Å². The van der Waals surface area contributed by atoms with Crippen molar-refractivity contribution >= 4 is 39.8 Å². The van der Waals surface area contributed by atoms with Crippen LogP contribution in [0.15, 0.2) is 36.4 Å². The molecule has 0 bridgehead atoms. The minimum absolute atomic E-state index is 0.0886. The minimum atomic E-state index is -0.187. The molecule has 1 saturated carbocycles. The SMILES string of the molecule is CN1CCC[C@H]1COc1nc2c(c(N3CCN(C(=O)[C@H]4N[C@@H]4C4CC4)[C@@H](CC#N)C3)n1)CCN(c1cccc3cccc(Cl)c13)C2. The maximum atomic E-state index is 13.5. The van der Waals surface area contributed by atoms with Crippen molar-refractivity contribution in [3.05, 3.63) is 52.7 Å². The fraction of sp³-hybridized carbons (Fsp3) is 0.543. The summed E-state index contributed by atoms with van der Waals surface area (Å²) in [5.74, 6) is 1.67. The normalized spacial score (nSPS) is 26.2. The topological polar surface area (TPSA) is 111 Å². The number of nitriles is 1. The summed E-state index contributed by atoms with van der Waals surface area (Å²) >= 11 is 6.73. The maximum absolute atomic E-state index is 13.5. The van der Waals surface area contributed by atoms with Gasteiger partial charge in [-0.3, -0.25) is 10.1 Å². The molecule has 4 atom stereocenters. The van der Waals surface area contributed by atoms with Crippen LogP contribution in [0.3, 0.4) is 0 Å². The summed E-state index contributed by atoms with van der Waals surface area (Å²) in [6.45, 7) is 4.84. The number of nitrogens with one attached hydrogen (secondary N) is 1. The van der Waals surface area contributed by atoms with E-state index in [2.05, 4.69) is 57.4 Å². The first-order chi connectivity index (χ1) is 22.5. The molecule has 11 heteroatoms. The molecule has 240 valence electrons. The molecular formula is C35H41ClN8O2. The maximum Gasteiger partial charge on any atom is 0.318 e. The van der Waals surface area contributed by atoms with Crippen LogP contribution in [0.5, 0.6) is 6.01 Å². The Balaban J connectivity index is 1.09. The average molecular weight is 641 g/mol. The summed E-state index contributed by atoms with van der Waals surface area (Å²) in [4.78, 5) is 32.5. The van der Waals surface area contributed by atoms with E-state index in [0.717, 1.165) is 64.5 Å². The van der Waals surface area contributed by atoms with Crippen LogP contribution in [0.2, 0.25) is 5.02 Å². The lowest BCUT2D eigenvalue weighted by Crippen LogP contribution is -2.57. The molecule has 0 unspecified atom stereocenters. The quantitative estimate of drug-likeness (QED) is 0.365. The molecule has 1 aromatic heterocycles. The second kappa shape index (κ2) is 12.2. The molecule has 0 spiro atoms. The number of likely N-dealkylation sites (tertiary alicyclic amines) is 1. The summed E-state index contributed by atoms with van der Waals surface area (Å²) < 4.78 is 6.35. The molecule has 3 aromatic rings. The lowest BCUT2D eigenvalue weighted by molar-refractivity contribution is -0.133. The number of amides is 1. The molecule has 5 aliphatic rings. The van der Waals surface area contributed by atoms with Crippen LogP contribution in [-0.4, -0.2) is 96.2 Å². The van der Waals surface area contributed by atoms with E-state index in [0.29, 0.717) is 63.2 Å². The van der Waals surface area contributed by atoms with Crippen LogP contribution in [0.4, 0.5) is 11.5 Å². The van der Waals surface area contributed by atoms with Gasteiger partial charge in [0.2, 0.25) is 5.91 Å². The third-order valence-corrected chi connectivity index (χ3v) is 11.0. The number of benzene rings is 2. The number of carbonyl (C=O) groups is 1. The number of carbonyl (C=O) groups excluding carboxylic acids is 1. The lowest BCUT2D eigenvalue weighted by atomic mass is 10.0. The van der Waals surface area contributed by atoms with E-state index in [-0.39, 0.29) is 18.0 Å². The monoisotopic (exact) mass is 640 g/mol. The summed E-state index contributed by atoms with van der Waals surface area (Å²) in [6, 6.07) is 15.5. The molecule has 5 heterocycles. The molecule has 1 N–H and O–H groups in total. The molecule has 8 rings (SSSR count). The number of ether oxygens (including phenoxy) is 1. The first kappa shape index (κ1) is 29.7. The van der Waals surface area contributed by atoms with Crippen molar-refractivity contribution < 1.29 is 9.53 Å². The number of halogens is 1. The van der Waals surface area contributed by atoms with Gasteiger partial charge in [0.1, 0.15) is 18.5 Å². The van der Waals surface area contributed by atoms with E-state index in [9.17, 15) is 10.1 Å². The number of rotatable bonds is 8. The predicted molar refractivity (Wildman–Crippen MR) is 178 cm³/mol. The smallest absolute Gasteiger partial charge is 0.318 e. The largest absolute Gasteiger partial charge is 0.462 e. The van der Waals surface area contributed by atoms with Gasteiger partial charge in [0.05, 0.1) is 35.8 Å². The Bertz CT molecular complexity index is 1690. The number of piperazine rings is 1. The zero-order valence-corrected chi connectivity index (χ0v) is 27.1. The van der Waals surface area contributed by atoms with Crippen LogP contribution < -0.4 is 19.9 Å². The van der Waals surface area contributed by atoms with Crippen molar-refractivity contribution in [2.75, 3.05) is 56.2 Å². The van der Waals surface area contributed by atoms with Crippen LogP contribution in [-0.2, 0) is 17.8 Å². The highest BCUT2D eigenvalue weighted by molar-refractivity contribution is 6.36. The number of anilines is 2. The van der Waals surface area contributed by atoms with E-state index < -0.39 is 0 Å². The summed E-state index contributed by atoms with van der Waals surface area (Å²) in [5, 5.41) is 16.1. The number of hydrogen-bond donors (Lipinski definition) is 1. The fourth-order valence-electron chi connectivity index (χ4n) is 7.86. The number of nitrogens with zero attached hydrogens (tertiary/aromatic N) is 7. The van der Waals surface area contributed by atoms with Crippen molar-refractivity contribution in [1.29, 1.82) is 5.26 Å². The second-order valence-electron chi connectivity index (χ2n) is 13.6. The number of likely N-dealkylation sites (N-methyl/N-ethyl adjacent to an activating group) is 1. The highest BCUT2D eigenvalue weighted by atomic mass is 35.5. The van der Waals surface area contributed by atoms with Crippen molar-refractivity contribution in [3.63, 3.8) is 0 Å². The van der Waals surface area contributed by atoms with Gasteiger partial charge in [-0.25, -0.2) is 0 Å². The third-order valence-electron chi connectivity index (χ3n) is 10.7. The molecular weight excluding hydrogens is 600 g/mol. The first-order valence-electron chi connectivity index (χ1n) is 16.8. The van der Waals surface area contributed by atoms with E-state index >= 15 is 0 Å². The van der Waals surface area contributed by atoms with Gasteiger partial charge >= 0.3 is 6.01 Å². The Labute approximate surface area is 275 Å². The second-order valence-corrected chi connectivity index (χ2v) is 14.0. The molecule has 3 saturated heterocycles. The van der Waals surface area contributed by atoms with Gasteiger partial charge in [0.25, 0.3) is 0 Å². The van der Waals surface area contributed by atoms with E-state index in [1.807, 2.05) is 17.0 Å². The van der Waals surface area contributed by atoms with Crippen LogP contribution >= 0.6 is 11.6 Å². The summed E-state index contributed by atoms with van der Waals surface area (Å²) in [5.41, 5.74) is 3.18. The van der Waals surface area contributed by atoms with Crippen LogP contribution in [0, 0.1) is 17.2 Å². The zero-order chi connectivity index (χ0) is 31.4. The molecule has 4 aliphatic heterocycles. The van der Waals surface area contributed by atoms with Gasteiger partial charge in [0.15, 0.2) is 0 Å². The lowest BCUT2D eigenvalue weighted by Gasteiger charge is -2.42. The zero-order valence-electron chi connectivity index (χ0n) is 26.4. The molecule has 1 amide bonds. The van der Waals surface area contributed by atoms with Gasteiger partial charge in [-0.1, -0.05) is 35.9 Å². The van der Waals surface area contributed by atoms with Gasteiger partial charge in [-0.15, -0.1) is 0 Å². The molecule has 2 aromatic carbocycles. The molecule has 4 fully saturated rings. The van der Waals surface area contributed by atoms with E-state index in [4.69, 9.17) is 26.3 Å². The van der Waals surface area contributed by atoms with E-state index in [1.165, 1.54) is 19.3 Å². The summed E-state index contributed by atoms with van der Waals surface area (Å²) in [7, 11) is 2.15. The molecule has 10 nitrogen and oxygen atoms in total. The van der Waals surface area contributed by atoms with Crippen LogP contribution in [0.1, 0.15) is 43.4 Å². The highest BCUT2D eigenvalue weighted by Crippen LogP contribution is 2.41. The Morgan fingerprint density at radius 3 is 2.70 bits per heavy atom. The highest BCUT2D eigenvalue weighted by Gasteiger charge is 2.53. The Morgan fingerprint density at radius 2 is 1.91 bits per heavy atom. The first-order valence-corrected chi connectivity index (χ1v) is 17.2. The van der Waals surface area contributed by atoms with Crippen molar-refractivity contribution in [2.45, 2.75) is 69.2 Å². The van der Waals surface area contributed by atoms with Gasteiger partial charge in [0, 0.05) is 54.9 Å². The van der Waals surface area contributed by atoms with Gasteiger partial charge < -0.3 is 24.3 Å². The Hall–Kier alpha value is -3.65. The fourth-order valence-corrected chi connectivity index (χ4v) is 8.14. The third kappa shape index (κ3) is 5.63. The number of aromatic nitrogens is 2. The number of hydrogen-bond acceptors (Lipinski definition) is 9. The Morgan fingerprint density at radius 1 is 1.07 bits per heavy atom. The Kier molecular flexibility index (Phi) is 7.87. The van der Waals surface area contributed by atoms with E-state index in [1.54, 1.807) is 0 Å². The minimum Gasteiger partial charge on any atom is -0.462 e. The van der Waals surface area contributed by atoms with Crippen LogP contribution in [0.25, 0.3) is 10.8 Å². The molecule has 1 aliphatic carbocycles. The molecule has 0 radical (unpaired) electrons. The van der Waals surface area contributed by atoms with Gasteiger partial charge in [-0.2, -0.15) is 15.2 Å². The predicted octanol–water partition coefficient (Wildman–Crippen LogP) is 4.00. The van der Waals surface area contributed by atoms with Gasteiger partial charge in [-0.05, 0) is 69.1 Å². The number of fused-ring (bicyclic) bond motifs is 2. The average Bonchev–Trinajstić information content (AvgIpc) is 4.00. The van der Waals surface area contributed by atoms with Crippen molar-refractivity contribution in [3.8, 4) is 12.1 Å².